The zero-order valence-electron chi connectivity index (χ0n) is 16.0. The first-order valence-corrected chi connectivity index (χ1v) is 10.4. The van der Waals surface area contributed by atoms with Crippen LogP contribution in [0.3, 0.4) is 0 Å². The number of hydrogen-bond acceptors (Lipinski definition) is 6. The number of hydrogen-bond donors (Lipinski definition) is 4. The van der Waals surface area contributed by atoms with Gasteiger partial charge in [0.25, 0.3) is 10.1 Å². The Balaban J connectivity index is 2.27. The van der Waals surface area contributed by atoms with E-state index in [1.54, 1.807) is 24.3 Å². The van der Waals surface area contributed by atoms with Crippen LogP contribution in [0.25, 0.3) is 0 Å². The lowest BCUT2D eigenvalue weighted by Crippen LogP contribution is -2.27. The lowest BCUT2D eigenvalue weighted by molar-refractivity contribution is 0.102. The minimum absolute atomic E-state index is 0.00405. The van der Waals surface area contributed by atoms with Crippen LogP contribution in [0.2, 0.25) is 0 Å². The minimum Gasteiger partial charge on any atom is -0.397 e. The summed E-state index contributed by atoms with van der Waals surface area (Å²) in [5.74, 6) is -0.360. The minimum atomic E-state index is -4.65. The molecule has 28 heavy (non-hydrogen) atoms. The first kappa shape index (κ1) is 20.3. The standard InChI is InChI=1S/C20H24N2O5S/c1-4-20(2,3)10-22-13-9-14(28(25,26)27)17(21)16-15(13)18(23)11-7-5-6-8-12(11)19(16)24/h5-9,19,22,24H,4,10,21H2,1-3H3,(H,25,26,27). The normalized spacial score (nSPS) is 16.5. The Morgan fingerprint density at radius 1 is 1.25 bits per heavy atom. The molecule has 0 amide bonds. The third kappa shape index (κ3) is 3.39. The summed E-state index contributed by atoms with van der Waals surface area (Å²) in [6, 6.07) is 7.72. The number of benzene rings is 2. The highest BCUT2D eigenvalue weighted by Gasteiger charge is 2.36. The Labute approximate surface area is 164 Å². The van der Waals surface area contributed by atoms with E-state index in [0.29, 0.717) is 17.7 Å². The number of carbonyl (C=O) groups is 1. The summed E-state index contributed by atoms with van der Waals surface area (Å²) in [5, 5.41) is 14.0. The van der Waals surface area contributed by atoms with E-state index in [0.717, 1.165) is 12.5 Å². The van der Waals surface area contributed by atoms with Crippen molar-refractivity contribution in [3.63, 3.8) is 0 Å². The third-order valence-corrected chi connectivity index (χ3v) is 6.26. The lowest BCUT2D eigenvalue weighted by Gasteiger charge is -2.30. The van der Waals surface area contributed by atoms with Gasteiger partial charge in [-0.15, -0.1) is 0 Å². The van der Waals surface area contributed by atoms with E-state index in [2.05, 4.69) is 5.32 Å². The van der Waals surface area contributed by atoms with Crippen LogP contribution in [0.5, 0.6) is 0 Å². The third-order valence-electron chi connectivity index (χ3n) is 5.36. The first-order chi connectivity index (χ1) is 13.0. The van der Waals surface area contributed by atoms with Crippen molar-refractivity contribution in [2.75, 3.05) is 17.6 Å². The Bertz CT molecular complexity index is 1060. The van der Waals surface area contributed by atoms with Crippen molar-refractivity contribution in [1.82, 2.24) is 0 Å². The molecule has 1 atom stereocenters. The van der Waals surface area contributed by atoms with Crippen molar-refractivity contribution < 1.29 is 22.9 Å². The average molecular weight is 404 g/mol. The fraction of sp³-hybridized carbons (Fsp3) is 0.350. The quantitative estimate of drug-likeness (QED) is 0.445. The van der Waals surface area contributed by atoms with Crippen LogP contribution in [-0.2, 0) is 10.1 Å². The van der Waals surface area contributed by atoms with Crippen molar-refractivity contribution >= 4 is 27.3 Å². The van der Waals surface area contributed by atoms with Gasteiger partial charge in [-0.05, 0) is 23.5 Å². The van der Waals surface area contributed by atoms with Gasteiger partial charge in [0, 0.05) is 23.4 Å². The van der Waals surface area contributed by atoms with Gasteiger partial charge in [-0.3, -0.25) is 9.35 Å². The van der Waals surface area contributed by atoms with E-state index < -0.39 is 21.1 Å². The zero-order valence-corrected chi connectivity index (χ0v) is 16.8. The van der Waals surface area contributed by atoms with Crippen LogP contribution in [-0.4, -0.2) is 30.4 Å². The summed E-state index contributed by atoms with van der Waals surface area (Å²) in [6.45, 7) is 6.53. The number of nitrogens with one attached hydrogen (secondary N) is 1. The molecule has 8 heteroatoms. The second-order valence-electron chi connectivity index (χ2n) is 7.79. The van der Waals surface area contributed by atoms with Gasteiger partial charge in [0.2, 0.25) is 0 Å². The number of carbonyl (C=O) groups excluding carboxylic acids is 1. The number of nitrogen functional groups attached to an aromatic ring is 1. The Morgan fingerprint density at radius 2 is 1.89 bits per heavy atom. The summed E-state index contributed by atoms with van der Waals surface area (Å²) in [5.41, 5.74) is 6.57. The summed E-state index contributed by atoms with van der Waals surface area (Å²) in [4.78, 5) is 12.6. The van der Waals surface area contributed by atoms with E-state index in [-0.39, 0.29) is 33.7 Å². The molecule has 7 nitrogen and oxygen atoms in total. The van der Waals surface area contributed by atoms with Crippen molar-refractivity contribution in [3.05, 3.63) is 52.6 Å². The monoisotopic (exact) mass is 404 g/mol. The predicted octanol–water partition coefficient (Wildman–Crippen LogP) is 2.99. The van der Waals surface area contributed by atoms with E-state index in [4.69, 9.17) is 5.73 Å². The van der Waals surface area contributed by atoms with Crippen LogP contribution >= 0.6 is 0 Å². The zero-order chi connectivity index (χ0) is 20.9. The highest BCUT2D eigenvalue weighted by molar-refractivity contribution is 7.86. The highest BCUT2D eigenvalue weighted by atomic mass is 32.2. The Morgan fingerprint density at radius 3 is 2.50 bits per heavy atom. The molecular formula is C20H24N2O5S. The molecule has 0 bridgehead atoms. The van der Waals surface area contributed by atoms with Gasteiger partial charge in [0.05, 0.1) is 11.3 Å². The van der Waals surface area contributed by atoms with Crippen molar-refractivity contribution in [3.8, 4) is 0 Å². The van der Waals surface area contributed by atoms with Crippen molar-refractivity contribution in [2.45, 2.75) is 38.2 Å². The van der Waals surface area contributed by atoms with Gasteiger partial charge in [-0.25, -0.2) is 0 Å². The molecule has 0 aliphatic heterocycles. The molecule has 0 spiro atoms. The molecule has 1 aliphatic rings. The lowest BCUT2D eigenvalue weighted by atomic mass is 9.81. The van der Waals surface area contributed by atoms with Gasteiger partial charge in [0.15, 0.2) is 5.78 Å². The number of ketones is 1. The molecule has 150 valence electrons. The fourth-order valence-corrected chi connectivity index (χ4v) is 3.92. The summed E-state index contributed by atoms with van der Waals surface area (Å²) >= 11 is 0. The van der Waals surface area contributed by atoms with Crippen LogP contribution in [0.4, 0.5) is 11.4 Å². The number of aliphatic hydroxyl groups is 1. The van der Waals surface area contributed by atoms with E-state index >= 15 is 0 Å². The SMILES string of the molecule is CCC(C)(C)CNc1cc(S(=O)(=O)O)c(N)c2c1C(=O)c1ccccc1C2O. The number of fused-ring (bicyclic) bond motifs is 2. The molecule has 0 radical (unpaired) electrons. The van der Waals surface area contributed by atoms with E-state index in [1.807, 2.05) is 20.8 Å². The maximum atomic E-state index is 13.2. The Kier molecular flexibility index (Phi) is 4.99. The van der Waals surface area contributed by atoms with E-state index in [9.17, 15) is 22.9 Å². The van der Waals surface area contributed by atoms with Crippen LogP contribution in [0.15, 0.2) is 35.2 Å². The maximum absolute atomic E-state index is 13.2. The number of nitrogens with two attached hydrogens (primary N) is 1. The molecular weight excluding hydrogens is 380 g/mol. The van der Waals surface area contributed by atoms with Crippen LogP contribution in [0.1, 0.15) is 60.3 Å². The molecule has 0 saturated heterocycles. The second kappa shape index (κ2) is 6.88. The summed E-state index contributed by atoms with van der Waals surface area (Å²) in [7, 11) is -4.65. The fourth-order valence-electron chi connectivity index (χ4n) is 3.27. The number of anilines is 2. The van der Waals surface area contributed by atoms with Gasteiger partial charge in [0.1, 0.15) is 11.0 Å². The predicted molar refractivity (Wildman–Crippen MR) is 107 cm³/mol. The Hall–Kier alpha value is -2.42. The number of rotatable bonds is 5. The topological polar surface area (TPSA) is 130 Å². The largest absolute Gasteiger partial charge is 0.397 e. The molecule has 1 unspecified atom stereocenters. The molecule has 0 aromatic heterocycles. The molecule has 0 fully saturated rings. The van der Waals surface area contributed by atoms with Crippen molar-refractivity contribution in [2.24, 2.45) is 5.41 Å². The second-order valence-corrected chi connectivity index (χ2v) is 9.18. The molecule has 5 N–H and O–H groups in total. The molecule has 0 heterocycles. The summed E-state index contributed by atoms with van der Waals surface area (Å²) in [6.07, 6.45) is -0.438. The average Bonchev–Trinajstić information content (AvgIpc) is 2.63. The first-order valence-electron chi connectivity index (χ1n) is 8.97. The summed E-state index contributed by atoms with van der Waals surface area (Å²) < 4.78 is 33.3. The van der Waals surface area contributed by atoms with Crippen LogP contribution in [0, 0.1) is 5.41 Å². The molecule has 1 aliphatic carbocycles. The maximum Gasteiger partial charge on any atom is 0.296 e. The van der Waals surface area contributed by atoms with Crippen LogP contribution < -0.4 is 11.1 Å². The molecule has 2 aromatic rings. The molecule has 3 rings (SSSR count). The highest BCUT2D eigenvalue weighted by Crippen LogP contribution is 2.44. The van der Waals surface area contributed by atoms with Crippen molar-refractivity contribution in [1.29, 1.82) is 0 Å². The van der Waals surface area contributed by atoms with Gasteiger partial charge >= 0.3 is 0 Å². The van der Waals surface area contributed by atoms with Gasteiger partial charge in [-0.1, -0.05) is 45.0 Å². The van der Waals surface area contributed by atoms with Gasteiger partial charge < -0.3 is 16.2 Å². The molecule has 2 aromatic carbocycles. The van der Waals surface area contributed by atoms with Gasteiger partial charge in [-0.2, -0.15) is 8.42 Å². The smallest absolute Gasteiger partial charge is 0.296 e. The van der Waals surface area contributed by atoms with E-state index in [1.165, 1.54) is 0 Å². The molecule has 0 saturated carbocycles. The number of aliphatic hydroxyl groups excluding tert-OH is 1.